The van der Waals surface area contributed by atoms with E-state index in [2.05, 4.69) is 20.6 Å². The average Bonchev–Trinajstić information content (AvgIpc) is 3.69. The minimum Gasteiger partial charge on any atom is -0.449 e. The number of hydrogen-bond donors (Lipinski definition) is 3. The van der Waals surface area contributed by atoms with Crippen LogP contribution in [0.4, 0.5) is 0 Å². The van der Waals surface area contributed by atoms with Gasteiger partial charge < -0.3 is 21.1 Å². The molecule has 2 aliphatic rings. The highest BCUT2D eigenvalue weighted by Crippen LogP contribution is 2.41. The molecule has 1 aromatic carbocycles. The maximum Gasteiger partial charge on any atom is 0.313 e. The number of hydrogen-bond acceptors (Lipinski definition) is 9. The smallest absolute Gasteiger partial charge is 0.313 e. The summed E-state index contributed by atoms with van der Waals surface area (Å²) in [6, 6.07) is 10.9. The fraction of sp³-hybridized carbons (Fsp3) is 0.500. The molecular formula is C28H35N7O4S. The summed E-state index contributed by atoms with van der Waals surface area (Å²) in [4.78, 5) is 42.5. The van der Waals surface area contributed by atoms with Gasteiger partial charge in [-0.05, 0) is 67.2 Å². The maximum atomic E-state index is 14.0. The lowest BCUT2D eigenvalue weighted by Crippen LogP contribution is -2.55. The predicted octanol–water partition coefficient (Wildman–Crippen LogP) is 2.38. The van der Waals surface area contributed by atoms with Crippen molar-refractivity contribution in [2.45, 2.75) is 69.4 Å². The first-order valence-electron chi connectivity index (χ1n) is 13.7. The Bertz CT molecular complexity index is 1300. The van der Waals surface area contributed by atoms with Crippen LogP contribution in [0.1, 0.15) is 55.4 Å². The van der Waals surface area contributed by atoms with Crippen LogP contribution in [-0.2, 0) is 32.0 Å². The lowest BCUT2D eigenvalue weighted by atomic mass is 9.73. The fourth-order valence-electron chi connectivity index (χ4n) is 5.83. The van der Waals surface area contributed by atoms with Crippen LogP contribution < -0.4 is 11.5 Å². The molecule has 2 fully saturated rings. The Morgan fingerprint density at radius 2 is 1.77 bits per heavy atom. The number of rotatable bonds is 9. The molecule has 5 N–H and O–H groups in total. The summed E-state index contributed by atoms with van der Waals surface area (Å²) in [5.74, 6) is -0.662. The molecule has 1 atom stereocenters. The third-order valence-electron chi connectivity index (χ3n) is 8.28. The molecule has 11 nitrogen and oxygen atoms in total. The van der Waals surface area contributed by atoms with Gasteiger partial charge in [0.2, 0.25) is 11.7 Å². The summed E-state index contributed by atoms with van der Waals surface area (Å²) in [6.07, 6.45) is 5.08. The van der Waals surface area contributed by atoms with Crippen LogP contribution in [0.2, 0.25) is 0 Å². The number of nitrogens with one attached hydrogen (secondary N) is 1. The molecule has 0 radical (unpaired) electrons. The van der Waals surface area contributed by atoms with Crippen molar-refractivity contribution in [1.29, 1.82) is 0 Å². The Morgan fingerprint density at radius 1 is 1.05 bits per heavy atom. The van der Waals surface area contributed by atoms with Crippen molar-refractivity contribution in [2.24, 2.45) is 16.9 Å². The zero-order valence-electron chi connectivity index (χ0n) is 22.4. The molecule has 12 heteroatoms. The molecule has 0 spiro atoms. The largest absolute Gasteiger partial charge is 0.449 e. The number of carbonyl (C=O) groups excluding carboxylic acids is 3. The van der Waals surface area contributed by atoms with E-state index in [9.17, 15) is 14.4 Å². The van der Waals surface area contributed by atoms with E-state index in [4.69, 9.17) is 16.2 Å². The van der Waals surface area contributed by atoms with Gasteiger partial charge in [-0.15, -0.1) is 21.5 Å². The van der Waals surface area contributed by atoms with E-state index in [1.54, 1.807) is 16.2 Å². The number of benzene rings is 1. The molecule has 1 aliphatic carbocycles. The van der Waals surface area contributed by atoms with Crippen molar-refractivity contribution in [3.05, 3.63) is 52.2 Å². The topological polar surface area (TPSA) is 170 Å². The van der Waals surface area contributed by atoms with Crippen molar-refractivity contribution in [3.8, 4) is 11.4 Å². The number of aromatic amines is 1. The highest BCUT2D eigenvalue weighted by molar-refractivity contribution is 7.09. The fourth-order valence-corrected chi connectivity index (χ4v) is 6.59. The first-order valence-corrected chi connectivity index (χ1v) is 14.6. The maximum absolute atomic E-state index is 14.0. The van der Waals surface area contributed by atoms with Crippen LogP contribution in [0.25, 0.3) is 11.4 Å². The first-order chi connectivity index (χ1) is 19.3. The number of tetrazole rings is 1. The quantitative estimate of drug-likeness (QED) is 0.332. The highest BCUT2D eigenvalue weighted by atomic mass is 32.1. The Labute approximate surface area is 236 Å². The van der Waals surface area contributed by atoms with Gasteiger partial charge in [0.1, 0.15) is 0 Å². The number of nitrogens with two attached hydrogens (primary N) is 2. The highest BCUT2D eigenvalue weighted by Gasteiger charge is 2.49. The molecule has 1 saturated carbocycles. The SMILES string of the molecule is NC(=O)C1(OC(=O)C2(Cc3ccc(-c4nn[nH]n4)cc3)CCN(C(=O)C(N)Cc3cccs3)CC2)CCCCC1. The first kappa shape index (κ1) is 27.9. The number of ether oxygens (including phenoxy) is 1. The number of likely N-dealkylation sites (tertiary alicyclic amines) is 1. The summed E-state index contributed by atoms with van der Waals surface area (Å²) in [6.45, 7) is 0.743. The average molecular weight is 566 g/mol. The van der Waals surface area contributed by atoms with Gasteiger partial charge in [0.25, 0.3) is 5.91 Å². The molecule has 40 heavy (non-hydrogen) atoms. The molecule has 1 unspecified atom stereocenters. The number of primary amides is 1. The molecule has 5 rings (SSSR count). The van der Waals surface area contributed by atoms with Crippen LogP contribution in [0.5, 0.6) is 0 Å². The number of thiophene rings is 1. The molecule has 1 aliphatic heterocycles. The molecule has 2 amide bonds. The van der Waals surface area contributed by atoms with Crippen LogP contribution in [-0.4, -0.2) is 68.0 Å². The van der Waals surface area contributed by atoms with Crippen molar-refractivity contribution in [3.63, 3.8) is 0 Å². The lowest BCUT2D eigenvalue weighted by Gasteiger charge is -2.43. The molecule has 2 aromatic heterocycles. The molecule has 3 aromatic rings. The van der Waals surface area contributed by atoms with Crippen LogP contribution in [0, 0.1) is 5.41 Å². The molecule has 212 valence electrons. The van der Waals surface area contributed by atoms with Gasteiger partial charge in [-0.25, -0.2) is 0 Å². The minimum atomic E-state index is -1.28. The van der Waals surface area contributed by atoms with Crippen molar-refractivity contribution in [1.82, 2.24) is 25.5 Å². The summed E-state index contributed by atoms with van der Waals surface area (Å²) in [5.41, 5.74) is 11.6. The standard InChI is InChI=1S/C28H35N7O4S/c29-22(17-21-5-4-16-40-21)24(36)35-14-12-27(13-15-35,26(38)39-28(25(30)37)10-2-1-3-11-28)18-19-6-8-20(9-7-19)23-31-33-34-32-23/h4-9,16,22H,1-3,10-15,17-18,29H2,(H2,30,37)(H,31,32,33,34). The van der Waals surface area contributed by atoms with E-state index in [0.717, 1.165) is 35.3 Å². The summed E-state index contributed by atoms with van der Waals surface area (Å²) in [7, 11) is 0. The summed E-state index contributed by atoms with van der Waals surface area (Å²) in [5, 5.41) is 16.0. The number of nitrogens with zero attached hydrogens (tertiary/aromatic N) is 4. The van der Waals surface area contributed by atoms with Crippen molar-refractivity contribution in [2.75, 3.05) is 13.1 Å². The summed E-state index contributed by atoms with van der Waals surface area (Å²) < 4.78 is 6.08. The van der Waals surface area contributed by atoms with E-state index in [-0.39, 0.29) is 5.91 Å². The molecule has 3 heterocycles. The van der Waals surface area contributed by atoms with Crippen molar-refractivity contribution >= 4 is 29.1 Å². The minimum absolute atomic E-state index is 0.124. The van der Waals surface area contributed by atoms with E-state index in [1.165, 1.54) is 0 Å². The second-order valence-electron chi connectivity index (χ2n) is 10.9. The van der Waals surface area contributed by atoms with Gasteiger partial charge in [0.05, 0.1) is 11.5 Å². The van der Waals surface area contributed by atoms with Gasteiger partial charge in [0.15, 0.2) is 5.60 Å². The second-order valence-corrected chi connectivity index (χ2v) is 11.9. The van der Waals surface area contributed by atoms with E-state index < -0.39 is 28.9 Å². The van der Waals surface area contributed by atoms with E-state index >= 15 is 0 Å². The van der Waals surface area contributed by atoms with Crippen LogP contribution in [0.3, 0.4) is 0 Å². The van der Waals surface area contributed by atoms with Crippen LogP contribution in [0.15, 0.2) is 41.8 Å². The Kier molecular flexibility index (Phi) is 8.27. The third-order valence-corrected chi connectivity index (χ3v) is 9.18. The normalized spacial score (nSPS) is 19.1. The van der Waals surface area contributed by atoms with Gasteiger partial charge in [-0.3, -0.25) is 14.4 Å². The third kappa shape index (κ3) is 5.92. The lowest BCUT2D eigenvalue weighted by molar-refractivity contribution is -0.183. The molecule has 0 bridgehead atoms. The van der Waals surface area contributed by atoms with Gasteiger partial charge in [-0.2, -0.15) is 5.21 Å². The Balaban J connectivity index is 1.34. The molecular weight excluding hydrogens is 530 g/mol. The monoisotopic (exact) mass is 565 g/mol. The number of H-pyrrole nitrogens is 1. The van der Waals surface area contributed by atoms with E-state index in [0.29, 0.717) is 57.4 Å². The number of aromatic nitrogens is 4. The van der Waals surface area contributed by atoms with Gasteiger partial charge in [-0.1, -0.05) is 36.8 Å². The molecule has 1 saturated heterocycles. The number of carbonyl (C=O) groups is 3. The van der Waals surface area contributed by atoms with Gasteiger partial charge in [0, 0.05) is 30.0 Å². The Hall–Kier alpha value is -3.64. The Morgan fingerprint density at radius 3 is 2.38 bits per heavy atom. The number of esters is 1. The predicted molar refractivity (Wildman–Crippen MR) is 149 cm³/mol. The van der Waals surface area contributed by atoms with Gasteiger partial charge >= 0.3 is 5.97 Å². The number of amides is 2. The zero-order valence-corrected chi connectivity index (χ0v) is 23.2. The van der Waals surface area contributed by atoms with Crippen molar-refractivity contribution < 1.29 is 19.1 Å². The number of piperidine rings is 1. The van der Waals surface area contributed by atoms with Crippen LogP contribution >= 0.6 is 11.3 Å². The zero-order chi connectivity index (χ0) is 28.2. The summed E-state index contributed by atoms with van der Waals surface area (Å²) >= 11 is 1.58. The second kappa shape index (κ2) is 11.8. The van der Waals surface area contributed by atoms with E-state index in [1.807, 2.05) is 41.8 Å².